The molecule has 0 aliphatic heterocycles. The third-order valence-corrected chi connectivity index (χ3v) is 8.22. The van der Waals surface area contributed by atoms with Gasteiger partial charge in [0, 0.05) is 57.5 Å². The average molecular weight is 640 g/mol. The molecule has 0 unspecified atom stereocenters. The van der Waals surface area contributed by atoms with Gasteiger partial charge in [0.05, 0.1) is 48.9 Å². The molecule has 0 bridgehead atoms. The second-order valence-electron chi connectivity index (χ2n) is 11.9. The minimum absolute atomic E-state index is 0.00327. The highest BCUT2D eigenvalue weighted by molar-refractivity contribution is 6.39. The molecule has 44 heavy (non-hydrogen) atoms. The molecule has 4 aromatic rings. The number of aromatic nitrogens is 2. The lowest BCUT2D eigenvalue weighted by Gasteiger charge is -2.24. The van der Waals surface area contributed by atoms with Crippen LogP contribution in [0.3, 0.4) is 0 Å². The molecule has 0 saturated carbocycles. The fraction of sp³-hybridized carbons (Fsp3) is 0.353. The van der Waals surface area contributed by atoms with Crippen LogP contribution in [0.15, 0.2) is 60.7 Å². The molecule has 0 spiro atoms. The van der Waals surface area contributed by atoms with Gasteiger partial charge in [-0.25, -0.2) is 9.97 Å². The Morgan fingerprint density at radius 2 is 0.977 bits per heavy atom. The summed E-state index contributed by atoms with van der Waals surface area (Å²) in [6.07, 6.45) is 0. The normalized spacial score (nSPS) is 12.0. The van der Waals surface area contributed by atoms with Gasteiger partial charge in [0.2, 0.25) is 11.8 Å². The molecule has 2 aromatic carbocycles. The van der Waals surface area contributed by atoms with Gasteiger partial charge in [-0.3, -0.25) is 0 Å². The zero-order chi connectivity index (χ0) is 32.1. The van der Waals surface area contributed by atoms with Gasteiger partial charge in [-0.1, -0.05) is 71.7 Å². The van der Waals surface area contributed by atoms with E-state index in [1.807, 2.05) is 88.4 Å². The predicted molar refractivity (Wildman–Crippen MR) is 177 cm³/mol. The van der Waals surface area contributed by atoms with Crippen molar-refractivity contribution in [1.82, 2.24) is 20.6 Å². The van der Waals surface area contributed by atoms with Crippen LogP contribution in [0, 0.1) is 0 Å². The summed E-state index contributed by atoms with van der Waals surface area (Å²) in [5, 5.41) is 26.8. The summed E-state index contributed by atoms with van der Waals surface area (Å²) >= 11 is 14.1. The highest BCUT2D eigenvalue weighted by atomic mass is 35.5. The van der Waals surface area contributed by atoms with Crippen molar-refractivity contribution < 1.29 is 19.7 Å². The Morgan fingerprint density at radius 3 is 1.32 bits per heavy atom. The maximum Gasteiger partial charge on any atom is 0.218 e. The predicted octanol–water partition coefficient (Wildman–Crippen LogP) is 6.52. The highest BCUT2D eigenvalue weighted by Crippen LogP contribution is 2.42. The Kier molecular flexibility index (Phi) is 10.9. The van der Waals surface area contributed by atoms with E-state index in [-0.39, 0.29) is 13.2 Å². The molecule has 2 heterocycles. The molecule has 0 amide bonds. The molecule has 0 fully saturated rings. The van der Waals surface area contributed by atoms with Gasteiger partial charge < -0.3 is 30.3 Å². The molecule has 10 heteroatoms. The molecule has 4 rings (SSSR count). The number of pyridine rings is 2. The number of rotatable bonds is 13. The number of methoxy groups -OCH3 is 2. The fourth-order valence-electron chi connectivity index (χ4n) is 4.52. The molecule has 0 aliphatic rings. The van der Waals surface area contributed by atoms with E-state index in [1.54, 1.807) is 14.2 Å². The van der Waals surface area contributed by atoms with Gasteiger partial charge in [0.15, 0.2) is 0 Å². The maximum absolute atomic E-state index is 9.58. The van der Waals surface area contributed by atoms with Crippen molar-refractivity contribution in [3.8, 4) is 45.4 Å². The summed E-state index contributed by atoms with van der Waals surface area (Å²) in [6.45, 7) is 8.67. The Bertz CT molecular complexity index is 1490. The second kappa shape index (κ2) is 14.2. The number of nitrogens with zero attached hydrogens (tertiary/aromatic N) is 2. The van der Waals surface area contributed by atoms with Crippen LogP contribution in [0.25, 0.3) is 33.6 Å². The zero-order valence-corrected chi connectivity index (χ0v) is 27.5. The first-order chi connectivity index (χ1) is 20.9. The van der Waals surface area contributed by atoms with Crippen molar-refractivity contribution in [3.63, 3.8) is 0 Å². The highest BCUT2D eigenvalue weighted by Gasteiger charge is 2.21. The number of hydrogen-bond donors (Lipinski definition) is 4. The standard InChI is InChI=1S/C34H40Cl2N4O4/c1-33(2,19-41)37-17-21-13-15-27(39-31(21)43-5)25-11-7-9-23(29(25)35)24-10-8-12-26(30(24)36)28-16-14-22(32(40-28)44-6)18-38-34(3,4)20-42/h7-16,37-38,41-42H,17-20H2,1-6H3. The van der Waals surface area contributed by atoms with E-state index < -0.39 is 11.1 Å². The summed E-state index contributed by atoms with van der Waals surface area (Å²) < 4.78 is 11.2. The van der Waals surface area contributed by atoms with E-state index in [0.717, 1.165) is 33.4 Å². The number of benzene rings is 2. The molecule has 2 aromatic heterocycles. The lowest BCUT2D eigenvalue weighted by Crippen LogP contribution is -2.42. The Labute approximate surface area is 269 Å². The molecule has 0 atom stereocenters. The first kappa shape index (κ1) is 33.6. The molecule has 0 radical (unpaired) electrons. The van der Waals surface area contributed by atoms with Gasteiger partial charge in [-0.05, 0) is 39.8 Å². The van der Waals surface area contributed by atoms with Crippen molar-refractivity contribution in [2.75, 3.05) is 27.4 Å². The van der Waals surface area contributed by atoms with Gasteiger partial charge in [-0.15, -0.1) is 0 Å². The summed E-state index contributed by atoms with van der Waals surface area (Å²) in [5.74, 6) is 0.952. The molecular formula is C34H40Cl2N4O4. The number of halogens is 2. The second-order valence-corrected chi connectivity index (χ2v) is 12.6. The molecule has 8 nitrogen and oxygen atoms in total. The third kappa shape index (κ3) is 7.69. The van der Waals surface area contributed by atoms with Crippen LogP contribution in [-0.2, 0) is 13.1 Å². The van der Waals surface area contributed by atoms with Gasteiger partial charge in [0.1, 0.15) is 0 Å². The zero-order valence-electron chi connectivity index (χ0n) is 26.0. The van der Waals surface area contributed by atoms with Crippen molar-refractivity contribution >= 4 is 23.2 Å². The van der Waals surface area contributed by atoms with Gasteiger partial charge in [-0.2, -0.15) is 0 Å². The van der Waals surface area contributed by atoms with E-state index in [4.69, 9.17) is 42.6 Å². The van der Waals surface area contributed by atoms with Crippen molar-refractivity contribution in [2.24, 2.45) is 0 Å². The summed E-state index contributed by atoms with van der Waals surface area (Å²) in [5.41, 5.74) is 5.15. The smallest absolute Gasteiger partial charge is 0.218 e. The maximum atomic E-state index is 9.58. The van der Waals surface area contributed by atoms with Crippen LogP contribution < -0.4 is 20.1 Å². The van der Waals surface area contributed by atoms with Crippen molar-refractivity contribution in [3.05, 3.63) is 81.8 Å². The first-order valence-electron chi connectivity index (χ1n) is 14.3. The van der Waals surface area contributed by atoms with Crippen molar-refractivity contribution in [1.29, 1.82) is 0 Å². The molecule has 0 saturated heterocycles. The van der Waals surface area contributed by atoms with Crippen LogP contribution in [0.1, 0.15) is 38.8 Å². The van der Waals surface area contributed by atoms with Crippen molar-refractivity contribution in [2.45, 2.75) is 51.9 Å². The molecular weight excluding hydrogens is 599 g/mol. The molecule has 234 valence electrons. The number of ether oxygens (including phenoxy) is 2. The quantitative estimate of drug-likeness (QED) is 0.131. The van der Waals surface area contributed by atoms with Crippen LogP contribution >= 0.6 is 23.2 Å². The minimum atomic E-state index is -0.438. The molecule has 0 aliphatic carbocycles. The monoisotopic (exact) mass is 638 g/mol. The lowest BCUT2D eigenvalue weighted by molar-refractivity contribution is 0.187. The van der Waals surface area contributed by atoms with E-state index in [0.29, 0.717) is 46.3 Å². The van der Waals surface area contributed by atoms with E-state index in [9.17, 15) is 10.2 Å². The van der Waals surface area contributed by atoms with Gasteiger partial charge in [0.25, 0.3) is 0 Å². The fourth-order valence-corrected chi connectivity index (χ4v) is 5.17. The van der Waals surface area contributed by atoms with E-state index >= 15 is 0 Å². The Morgan fingerprint density at radius 1 is 0.614 bits per heavy atom. The Balaban J connectivity index is 1.67. The van der Waals surface area contributed by atoms with E-state index in [2.05, 4.69) is 10.6 Å². The van der Waals surface area contributed by atoms with E-state index in [1.165, 1.54) is 0 Å². The number of aliphatic hydroxyl groups is 2. The average Bonchev–Trinajstić information content (AvgIpc) is 3.03. The summed E-state index contributed by atoms with van der Waals surface area (Å²) in [7, 11) is 3.16. The third-order valence-electron chi connectivity index (χ3n) is 7.41. The summed E-state index contributed by atoms with van der Waals surface area (Å²) in [6, 6.07) is 19.2. The first-order valence-corrected chi connectivity index (χ1v) is 15.1. The number of nitrogens with one attached hydrogen (secondary N) is 2. The number of hydrogen-bond acceptors (Lipinski definition) is 8. The van der Waals surface area contributed by atoms with Crippen LogP contribution in [-0.4, -0.2) is 58.7 Å². The molecule has 4 N–H and O–H groups in total. The SMILES string of the molecule is COc1nc(-c2cccc(-c3cccc(-c4ccc(CNC(C)(C)CO)c(OC)n4)c3Cl)c2Cl)ccc1CNC(C)(C)CO. The Hall–Kier alpha value is -3.24. The number of aliphatic hydroxyl groups excluding tert-OH is 2. The van der Waals surface area contributed by atoms with Crippen LogP contribution in [0.2, 0.25) is 10.0 Å². The van der Waals surface area contributed by atoms with Crippen LogP contribution in [0.5, 0.6) is 11.8 Å². The lowest BCUT2D eigenvalue weighted by atomic mass is 9.98. The van der Waals surface area contributed by atoms with Gasteiger partial charge >= 0.3 is 0 Å². The minimum Gasteiger partial charge on any atom is -0.481 e. The summed E-state index contributed by atoms with van der Waals surface area (Å²) in [4.78, 5) is 9.50. The topological polar surface area (TPSA) is 109 Å². The van der Waals surface area contributed by atoms with Crippen LogP contribution in [0.4, 0.5) is 0 Å². The largest absolute Gasteiger partial charge is 0.481 e.